The van der Waals surface area contributed by atoms with E-state index in [1.807, 2.05) is 29.5 Å². The lowest BCUT2D eigenvalue weighted by atomic mass is 9.97. The molecule has 0 bridgehead atoms. The summed E-state index contributed by atoms with van der Waals surface area (Å²) >= 11 is 1.83. The summed E-state index contributed by atoms with van der Waals surface area (Å²) in [7, 11) is 0. The second kappa shape index (κ2) is 8.94. The van der Waals surface area contributed by atoms with Gasteiger partial charge in [-0.15, -0.1) is 11.3 Å². The molecule has 0 aromatic carbocycles. The molecule has 0 saturated carbocycles. The molecule has 3 heterocycles. The van der Waals surface area contributed by atoms with Crippen molar-refractivity contribution >= 4 is 17.2 Å². The van der Waals surface area contributed by atoms with E-state index < -0.39 is 0 Å². The lowest BCUT2D eigenvalue weighted by Crippen LogP contribution is -2.45. The van der Waals surface area contributed by atoms with Crippen LogP contribution >= 0.6 is 11.3 Å². The largest absolute Gasteiger partial charge is 0.349 e. The van der Waals surface area contributed by atoms with Gasteiger partial charge < -0.3 is 5.32 Å². The summed E-state index contributed by atoms with van der Waals surface area (Å²) in [5, 5.41) is 5.13. The van der Waals surface area contributed by atoms with Crippen LogP contribution in [-0.2, 0) is 17.8 Å². The molecule has 4 nitrogen and oxygen atoms in total. The molecule has 1 fully saturated rings. The average molecular weight is 343 g/mol. The molecule has 1 atom stereocenters. The summed E-state index contributed by atoms with van der Waals surface area (Å²) in [6, 6.07) is 10.6. The third kappa shape index (κ3) is 5.14. The highest BCUT2D eigenvalue weighted by atomic mass is 32.1. The van der Waals surface area contributed by atoms with E-state index in [0.717, 1.165) is 25.1 Å². The van der Waals surface area contributed by atoms with Crippen LogP contribution in [0.3, 0.4) is 0 Å². The summed E-state index contributed by atoms with van der Waals surface area (Å²) in [6.45, 7) is 2.04. The number of aromatic nitrogens is 1. The Morgan fingerprint density at radius 2 is 2.25 bits per heavy atom. The number of carbonyl (C=O) groups excluding carboxylic acids is 1. The van der Waals surface area contributed by atoms with Gasteiger partial charge >= 0.3 is 0 Å². The van der Waals surface area contributed by atoms with Crippen LogP contribution in [0.4, 0.5) is 0 Å². The highest BCUT2D eigenvalue weighted by molar-refractivity contribution is 7.09. The summed E-state index contributed by atoms with van der Waals surface area (Å²) < 4.78 is 0. The SMILES string of the molecule is O=C(CN1CCCC[C@@H]1CCc1cccs1)NCc1ccccn1. The molecule has 2 aromatic heterocycles. The van der Waals surface area contributed by atoms with Gasteiger partial charge in [0.2, 0.25) is 5.91 Å². The van der Waals surface area contributed by atoms with Crippen LogP contribution in [0.5, 0.6) is 0 Å². The number of piperidine rings is 1. The summed E-state index contributed by atoms with van der Waals surface area (Å²) in [5.41, 5.74) is 0.902. The lowest BCUT2D eigenvalue weighted by molar-refractivity contribution is -0.123. The van der Waals surface area contributed by atoms with Crippen LogP contribution in [0.2, 0.25) is 0 Å². The molecule has 24 heavy (non-hydrogen) atoms. The van der Waals surface area contributed by atoms with Crippen molar-refractivity contribution in [2.24, 2.45) is 0 Å². The zero-order valence-corrected chi connectivity index (χ0v) is 14.8. The number of aryl methyl sites for hydroxylation is 1. The van der Waals surface area contributed by atoms with Crippen molar-refractivity contribution in [3.05, 3.63) is 52.5 Å². The molecule has 1 aliphatic heterocycles. The van der Waals surface area contributed by atoms with Gasteiger partial charge in [0.25, 0.3) is 0 Å². The van der Waals surface area contributed by atoms with Crippen molar-refractivity contribution in [1.82, 2.24) is 15.2 Å². The van der Waals surface area contributed by atoms with Crippen molar-refractivity contribution < 1.29 is 4.79 Å². The lowest BCUT2D eigenvalue weighted by Gasteiger charge is -2.35. The molecule has 2 aromatic rings. The first-order valence-electron chi connectivity index (χ1n) is 8.74. The summed E-state index contributed by atoms with van der Waals surface area (Å²) in [6.07, 6.45) is 7.71. The number of hydrogen-bond acceptors (Lipinski definition) is 4. The zero-order valence-electron chi connectivity index (χ0n) is 14.0. The van der Waals surface area contributed by atoms with E-state index in [-0.39, 0.29) is 5.91 Å². The van der Waals surface area contributed by atoms with Crippen molar-refractivity contribution in [3.63, 3.8) is 0 Å². The maximum absolute atomic E-state index is 12.3. The molecule has 1 amide bonds. The number of pyridine rings is 1. The van der Waals surface area contributed by atoms with E-state index in [1.165, 1.54) is 24.1 Å². The monoisotopic (exact) mass is 343 g/mol. The molecule has 5 heteroatoms. The Labute approximate surface area is 147 Å². The van der Waals surface area contributed by atoms with Crippen LogP contribution < -0.4 is 5.32 Å². The van der Waals surface area contributed by atoms with Crippen molar-refractivity contribution in [2.45, 2.75) is 44.7 Å². The molecule has 0 unspecified atom stereocenters. The maximum Gasteiger partial charge on any atom is 0.234 e. The molecular formula is C19H25N3OS. The van der Waals surface area contributed by atoms with Gasteiger partial charge in [0, 0.05) is 17.1 Å². The second-order valence-corrected chi connectivity index (χ2v) is 7.37. The van der Waals surface area contributed by atoms with Crippen LogP contribution in [0, 0.1) is 0 Å². The molecule has 128 valence electrons. The quantitative estimate of drug-likeness (QED) is 0.839. The number of amides is 1. The van der Waals surface area contributed by atoms with E-state index in [0.29, 0.717) is 19.1 Å². The second-order valence-electron chi connectivity index (χ2n) is 6.34. The molecule has 1 saturated heterocycles. The number of nitrogens with zero attached hydrogens (tertiary/aromatic N) is 2. The number of hydrogen-bond donors (Lipinski definition) is 1. The van der Waals surface area contributed by atoms with E-state index in [2.05, 4.69) is 32.7 Å². The smallest absolute Gasteiger partial charge is 0.234 e. The molecule has 0 aliphatic carbocycles. The summed E-state index contributed by atoms with van der Waals surface area (Å²) in [5.74, 6) is 0.101. The Balaban J connectivity index is 1.46. The molecule has 0 radical (unpaired) electrons. The predicted molar refractivity (Wildman–Crippen MR) is 97.9 cm³/mol. The first-order chi connectivity index (χ1) is 11.8. The third-order valence-electron chi connectivity index (χ3n) is 4.59. The fourth-order valence-corrected chi connectivity index (χ4v) is 4.02. The fourth-order valence-electron chi connectivity index (χ4n) is 3.29. The number of carbonyl (C=O) groups is 1. The first kappa shape index (κ1) is 17.1. The van der Waals surface area contributed by atoms with Gasteiger partial charge in [-0.3, -0.25) is 14.7 Å². The summed E-state index contributed by atoms with van der Waals surface area (Å²) in [4.78, 5) is 20.3. The number of rotatable bonds is 7. The molecule has 3 rings (SSSR count). The Kier molecular flexibility index (Phi) is 6.38. The van der Waals surface area contributed by atoms with Gasteiger partial charge in [0.1, 0.15) is 0 Å². The molecule has 0 spiro atoms. The van der Waals surface area contributed by atoms with Crippen LogP contribution in [-0.4, -0.2) is 34.9 Å². The van der Waals surface area contributed by atoms with Gasteiger partial charge in [-0.1, -0.05) is 18.6 Å². The van der Waals surface area contributed by atoms with Crippen molar-refractivity contribution in [3.8, 4) is 0 Å². The van der Waals surface area contributed by atoms with Crippen LogP contribution in [0.1, 0.15) is 36.3 Å². The third-order valence-corrected chi connectivity index (χ3v) is 5.53. The molecule has 1 N–H and O–H groups in total. The highest BCUT2D eigenvalue weighted by Gasteiger charge is 2.24. The Hall–Kier alpha value is -1.72. The van der Waals surface area contributed by atoms with Gasteiger partial charge in [0.15, 0.2) is 0 Å². The number of nitrogens with one attached hydrogen (secondary N) is 1. The van der Waals surface area contributed by atoms with Crippen LogP contribution in [0.15, 0.2) is 41.9 Å². The highest BCUT2D eigenvalue weighted by Crippen LogP contribution is 2.22. The van der Waals surface area contributed by atoms with Gasteiger partial charge in [-0.2, -0.15) is 0 Å². The Morgan fingerprint density at radius 3 is 3.04 bits per heavy atom. The topological polar surface area (TPSA) is 45.2 Å². The van der Waals surface area contributed by atoms with Crippen molar-refractivity contribution in [2.75, 3.05) is 13.1 Å². The Morgan fingerprint density at radius 1 is 1.29 bits per heavy atom. The average Bonchev–Trinajstić information content (AvgIpc) is 3.14. The maximum atomic E-state index is 12.3. The van der Waals surface area contributed by atoms with Crippen molar-refractivity contribution in [1.29, 1.82) is 0 Å². The minimum Gasteiger partial charge on any atom is -0.349 e. The van der Waals surface area contributed by atoms with E-state index in [1.54, 1.807) is 6.20 Å². The molecular weight excluding hydrogens is 318 g/mol. The minimum absolute atomic E-state index is 0.101. The zero-order chi connectivity index (χ0) is 16.6. The fraction of sp³-hybridized carbons (Fsp3) is 0.474. The molecule has 1 aliphatic rings. The van der Waals surface area contributed by atoms with E-state index in [9.17, 15) is 4.79 Å². The van der Waals surface area contributed by atoms with E-state index in [4.69, 9.17) is 0 Å². The Bertz CT molecular complexity index is 615. The van der Waals surface area contributed by atoms with Crippen LogP contribution in [0.25, 0.3) is 0 Å². The van der Waals surface area contributed by atoms with Gasteiger partial charge in [-0.25, -0.2) is 0 Å². The number of thiophene rings is 1. The predicted octanol–water partition coefficient (Wildman–Crippen LogP) is 3.25. The number of likely N-dealkylation sites (tertiary alicyclic amines) is 1. The first-order valence-corrected chi connectivity index (χ1v) is 9.62. The van der Waals surface area contributed by atoms with E-state index >= 15 is 0 Å². The van der Waals surface area contributed by atoms with Gasteiger partial charge in [-0.05, 0) is 55.8 Å². The minimum atomic E-state index is 0.101. The standard InChI is InChI=1S/C19H25N3OS/c23-19(21-14-16-6-1-3-11-20-16)15-22-12-4-2-7-17(22)9-10-18-8-5-13-24-18/h1,3,5-6,8,11,13,17H,2,4,7,9-10,12,14-15H2,(H,21,23)/t17-/m1/s1. The van der Waals surface area contributed by atoms with Gasteiger partial charge in [0.05, 0.1) is 18.8 Å². The normalized spacial score (nSPS) is 18.4.